The minimum atomic E-state index is -0.619. The molecular weight excluding hydrogens is 354 g/mol. The van der Waals surface area contributed by atoms with Crippen molar-refractivity contribution in [3.63, 3.8) is 0 Å². The number of rotatable bonds is 7. The van der Waals surface area contributed by atoms with Crippen LogP contribution in [-0.2, 0) is 14.4 Å². The summed E-state index contributed by atoms with van der Waals surface area (Å²) >= 11 is 0. The molecule has 0 spiro atoms. The second kappa shape index (κ2) is 10.2. The molecule has 2 rings (SSSR count). The zero-order chi connectivity index (χ0) is 20.7. The van der Waals surface area contributed by atoms with E-state index in [2.05, 4.69) is 10.6 Å². The molecule has 28 heavy (non-hydrogen) atoms. The molecule has 1 atom stereocenters. The van der Waals surface area contributed by atoms with Crippen LogP contribution in [0.1, 0.15) is 51.5 Å². The van der Waals surface area contributed by atoms with Crippen LogP contribution in [0, 0.1) is 18.8 Å². The molecule has 0 aliphatic heterocycles. The molecule has 1 aromatic rings. The smallest absolute Gasteiger partial charge is 0.245 e. The van der Waals surface area contributed by atoms with Crippen LogP contribution in [-0.4, -0.2) is 42.3 Å². The number of nitrogens with zero attached hydrogens (tertiary/aromatic N) is 1. The largest absolute Gasteiger partial charge is 0.344 e. The van der Waals surface area contributed by atoms with Gasteiger partial charge in [0.1, 0.15) is 6.04 Å². The normalized spacial score (nSPS) is 15.8. The predicted molar refractivity (Wildman–Crippen MR) is 111 cm³/mol. The molecule has 1 saturated carbocycles. The molecule has 6 heteroatoms. The van der Waals surface area contributed by atoms with Gasteiger partial charge in [-0.3, -0.25) is 14.4 Å². The number of anilines is 1. The van der Waals surface area contributed by atoms with Gasteiger partial charge in [0.15, 0.2) is 0 Å². The van der Waals surface area contributed by atoms with Gasteiger partial charge in [0.25, 0.3) is 0 Å². The Morgan fingerprint density at radius 3 is 2.25 bits per heavy atom. The summed E-state index contributed by atoms with van der Waals surface area (Å²) in [6.07, 6.45) is 5.09. The van der Waals surface area contributed by atoms with Crippen LogP contribution in [0.4, 0.5) is 5.69 Å². The third-order valence-electron chi connectivity index (χ3n) is 5.30. The van der Waals surface area contributed by atoms with Gasteiger partial charge in [-0.15, -0.1) is 0 Å². The number of carbonyl (C=O) groups excluding carboxylic acids is 3. The number of carbonyl (C=O) groups is 3. The average Bonchev–Trinajstić information content (AvgIpc) is 2.67. The molecule has 2 N–H and O–H groups in total. The highest BCUT2D eigenvalue weighted by Gasteiger charge is 2.30. The quantitative estimate of drug-likeness (QED) is 0.754. The summed E-state index contributed by atoms with van der Waals surface area (Å²) < 4.78 is 0. The molecule has 1 unspecified atom stereocenters. The first kappa shape index (κ1) is 21.9. The summed E-state index contributed by atoms with van der Waals surface area (Å²) in [5.41, 5.74) is 1.81. The van der Waals surface area contributed by atoms with E-state index in [1.807, 2.05) is 45.0 Å². The Labute approximate surface area is 168 Å². The van der Waals surface area contributed by atoms with Crippen LogP contribution in [0.15, 0.2) is 24.3 Å². The van der Waals surface area contributed by atoms with Crippen LogP contribution in [0.2, 0.25) is 0 Å². The van der Waals surface area contributed by atoms with Crippen molar-refractivity contribution in [2.24, 2.45) is 11.8 Å². The number of nitrogens with one attached hydrogen (secondary N) is 2. The lowest BCUT2D eigenvalue weighted by molar-refractivity contribution is -0.139. The van der Waals surface area contributed by atoms with E-state index in [1.54, 1.807) is 7.05 Å². The lowest BCUT2D eigenvalue weighted by atomic mass is 9.88. The summed E-state index contributed by atoms with van der Waals surface area (Å²) in [5, 5.41) is 5.73. The van der Waals surface area contributed by atoms with Crippen molar-refractivity contribution in [1.82, 2.24) is 10.2 Å². The standard InChI is InChI=1S/C22H33N3O3/c1-15(2)20(24-21(27)17-8-6-5-7-9-17)22(28)25(4)14-19(26)23-18-12-10-16(3)11-13-18/h10-13,15,17,20H,5-9,14H2,1-4H3,(H,23,26)(H,24,27). The first-order valence-electron chi connectivity index (χ1n) is 10.2. The summed E-state index contributed by atoms with van der Waals surface area (Å²) in [5.74, 6) is -0.594. The summed E-state index contributed by atoms with van der Waals surface area (Å²) in [6.45, 7) is 5.73. The Morgan fingerprint density at radius 2 is 1.68 bits per heavy atom. The highest BCUT2D eigenvalue weighted by Crippen LogP contribution is 2.24. The van der Waals surface area contributed by atoms with Crippen LogP contribution in [0.3, 0.4) is 0 Å². The third-order valence-corrected chi connectivity index (χ3v) is 5.30. The number of hydrogen-bond acceptors (Lipinski definition) is 3. The van der Waals surface area contributed by atoms with Crippen LogP contribution >= 0.6 is 0 Å². The van der Waals surface area contributed by atoms with Gasteiger partial charge in [-0.2, -0.15) is 0 Å². The Morgan fingerprint density at radius 1 is 1.07 bits per heavy atom. The average molecular weight is 388 g/mol. The maximum Gasteiger partial charge on any atom is 0.245 e. The lowest BCUT2D eigenvalue weighted by Gasteiger charge is -2.29. The van der Waals surface area contributed by atoms with Crippen molar-refractivity contribution >= 4 is 23.4 Å². The molecule has 1 aliphatic rings. The molecule has 0 saturated heterocycles. The second-order valence-electron chi connectivity index (χ2n) is 8.17. The molecule has 0 bridgehead atoms. The van der Waals surface area contributed by atoms with E-state index in [1.165, 1.54) is 11.3 Å². The van der Waals surface area contributed by atoms with Gasteiger partial charge in [0.05, 0.1) is 6.54 Å². The van der Waals surface area contributed by atoms with Crippen molar-refractivity contribution in [2.75, 3.05) is 18.9 Å². The molecular formula is C22H33N3O3. The Hall–Kier alpha value is -2.37. The predicted octanol–water partition coefficient (Wildman–Crippen LogP) is 3.11. The van der Waals surface area contributed by atoms with Gasteiger partial charge in [0.2, 0.25) is 17.7 Å². The number of hydrogen-bond donors (Lipinski definition) is 2. The van der Waals surface area contributed by atoms with E-state index in [0.717, 1.165) is 31.2 Å². The van der Waals surface area contributed by atoms with Gasteiger partial charge in [-0.1, -0.05) is 50.8 Å². The molecule has 154 valence electrons. The van der Waals surface area contributed by atoms with E-state index in [0.29, 0.717) is 5.69 Å². The highest BCUT2D eigenvalue weighted by atomic mass is 16.2. The van der Waals surface area contributed by atoms with E-state index in [-0.39, 0.29) is 36.1 Å². The van der Waals surface area contributed by atoms with Gasteiger partial charge in [-0.25, -0.2) is 0 Å². The van der Waals surface area contributed by atoms with Gasteiger partial charge >= 0.3 is 0 Å². The minimum Gasteiger partial charge on any atom is -0.344 e. The number of likely N-dealkylation sites (N-methyl/N-ethyl adjacent to an activating group) is 1. The van der Waals surface area contributed by atoms with Crippen molar-refractivity contribution in [2.45, 2.75) is 58.9 Å². The molecule has 0 heterocycles. The molecule has 0 aromatic heterocycles. The molecule has 1 fully saturated rings. The van der Waals surface area contributed by atoms with Gasteiger partial charge in [-0.05, 0) is 37.8 Å². The Kier molecular flexibility index (Phi) is 8.03. The summed E-state index contributed by atoms with van der Waals surface area (Å²) in [6, 6.07) is 6.87. The molecule has 1 aliphatic carbocycles. The fourth-order valence-electron chi connectivity index (χ4n) is 3.52. The zero-order valence-corrected chi connectivity index (χ0v) is 17.5. The summed E-state index contributed by atoms with van der Waals surface area (Å²) in [4.78, 5) is 39.1. The lowest BCUT2D eigenvalue weighted by Crippen LogP contribution is -2.52. The van der Waals surface area contributed by atoms with E-state index < -0.39 is 6.04 Å². The minimum absolute atomic E-state index is 0.00191. The van der Waals surface area contributed by atoms with Crippen molar-refractivity contribution in [3.8, 4) is 0 Å². The van der Waals surface area contributed by atoms with Crippen molar-refractivity contribution < 1.29 is 14.4 Å². The van der Waals surface area contributed by atoms with E-state index in [4.69, 9.17) is 0 Å². The first-order chi connectivity index (χ1) is 13.3. The van der Waals surface area contributed by atoms with E-state index >= 15 is 0 Å². The number of aryl methyl sites for hydroxylation is 1. The summed E-state index contributed by atoms with van der Waals surface area (Å²) in [7, 11) is 1.60. The topological polar surface area (TPSA) is 78.5 Å². The molecule has 6 nitrogen and oxygen atoms in total. The third kappa shape index (κ3) is 6.36. The maximum absolute atomic E-state index is 12.9. The van der Waals surface area contributed by atoms with Crippen LogP contribution < -0.4 is 10.6 Å². The van der Waals surface area contributed by atoms with Gasteiger partial charge < -0.3 is 15.5 Å². The fraction of sp³-hybridized carbons (Fsp3) is 0.591. The number of benzene rings is 1. The van der Waals surface area contributed by atoms with Crippen molar-refractivity contribution in [3.05, 3.63) is 29.8 Å². The Bertz CT molecular complexity index is 679. The zero-order valence-electron chi connectivity index (χ0n) is 17.5. The van der Waals surface area contributed by atoms with Crippen LogP contribution in [0.5, 0.6) is 0 Å². The first-order valence-corrected chi connectivity index (χ1v) is 10.2. The second-order valence-corrected chi connectivity index (χ2v) is 8.17. The molecule has 0 radical (unpaired) electrons. The highest BCUT2D eigenvalue weighted by molar-refractivity contribution is 5.96. The Balaban J connectivity index is 1.92. The van der Waals surface area contributed by atoms with Crippen molar-refractivity contribution in [1.29, 1.82) is 0 Å². The number of amides is 3. The fourth-order valence-corrected chi connectivity index (χ4v) is 3.52. The SMILES string of the molecule is Cc1ccc(NC(=O)CN(C)C(=O)C(NC(=O)C2CCCCC2)C(C)C)cc1. The molecule has 3 amide bonds. The monoisotopic (exact) mass is 387 g/mol. The van der Waals surface area contributed by atoms with Gasteiger partial charge in [0, 0.05) is 18.7 Å². The molecule has 1 aromatic carbocycles. The van der Waals surface area contributed by atoms with Crippen LogP contribution in [0.25, 0.3) is 0 Å². The van der Waals surface area contributed by atoms with E-state index in [9.17, 15) is 14.4 Å². The maximum atomic E-state index is 12.9.